The summed E-state index contributed by atoms with van der Waals surface area (Å²) in [4.78, 5) is 14.0. The molecule has 0 bridgehead atoms. The smallest absolute Gasteiger partial charge is 0.238 e. The molecule has 2 unspecified atom stereocenters. The number of alkyl halides is 1. The third kappa shape index (κ3) is 4.51. The van der Waals surface area contributed by atoms with E-state index in [1.807, 2.05) is 6.07 Å². The Morgan fingerprint density at radius 2 is 2.21 bits per heavy atom. The highest BCUT2D eigenvalue weighted by molar-refractivity contribution is 6.30. The second-order valence-electron chi connectivity index (χ2n) is 5.18. The van der Waals surface area contributed by atoms with Crippen molar-refractivity contribution in [1.29, 1.82) is 0 Å². The molecule has 1 aliphatic rings. The number of nitrogens with one attached hydrogen (secondary N) is 1. The minimum absolute atomic E-state index is 0.0618. The topological polar surface area (TPSA) is 32.3 Å². The molecular weight excluding hydrogens is 260 g/mol. The summed E-state index contributed by atoms with van der Waals surface area (Å²) < 4.78 is 0. The van der Waals surface area contributed by atoms with E-state index in [1.54, 1.807) is 6.92 Å². The monoisotopic (exact) mass is 280 g/mol. The maximum absolute atomic E-state index is 11.6. The van der Waals surface area contributed by atoms with Crippen molar-refractivity contribution in [3.8, 4) is 0 Å². The Morgan fingerprint density at radius 1 is 1.47 bits per heavy atom. The summed E-state index contributed by atoms with van der Waals surface area (Å²) in [6, 6.07) is 10.7. The van der Waals surface area contributed by atoms with Crippen molar-refractivity contribution >= 4 is 17.5 Å². The van der Waals surface area contributed by atoms with Crippen molar-refractivity contribution < 1.29 is 4.79 Å². The SMILES string of the molecule is CC(Cl)C(=O)NC1CCCN(Cc2ccccc2)C1. The lowest BCUT2D eigenvalue weighted by Gasteiger charge is -2.33. The average Bonchev–Trinajstić information content (AvgIpc) is 2.40. The Balaban J connectivity index is 1.85. The van der Waals surface area contributed by atoms with Crippen molar-refractivity contribution in [2.45, 2.75) is 37.7 Å². The summed E-state index contributed by atoms with van der Waals surface area (Å²) in [5.74, 6) is -0.0618. The van der Waals surface area contributed by atoms with Gasteiger partial charge >= 0.3 is 0 Å². The number of benzene rings is 1. The van der Waals surface area contributed by atoms with Crippen LogP contribution in [-0.4, -0.2) is 35.3 Å². The van der Waals surface area contributed by atoms with Gasteiger partial charge in [-0.05, 0) is 31.9 Å². The second-order valence-corrected chi connectivity index (χ2v) is 5.84. The number of amides is 1. The van der Waals surface area contributed by atoms with Gasteiger partial charge in [-0.25, -0.2) is 0 Å². The van der Waals surface area contributed by atoms with E-state index >= 15 is 0 Å². The molecule has 0 aromatic heterocycles. The highest BCUT2D eigenvalue weighted by Gasteiger charge is 2.22. The first-order valence-electron chi connectivity index (χ1n) is 6.86. The number of piperidine rings is 1. The Morgan fingerprint density at radius 3 is 2.89 bits per heavy atom. The van der Waals surface area contributed by atoms with Crippen LogP contribution in [0.2, 0.25) is 0 Å². The van der Waals surface area contributed by atoms with Gasteiger partial charge in [-0.15, -0.1) is 11.6 Å². The number of nitrogens with zero attached hydrogens (tertiary/aromatic N) is 1. The van der Waals surface area contributed by atoms with Crippen LogP contribution in [-0.2, 0) is 11.3 Å². The van der Waals surface area contributed by atoms with Crippen LogP contribution in [0.1, 0.15) is 25.3 Å². The summed E-state index contributed by atoms with van der Waals surface area (Å²) in [5, 5.41) is 2.57. The van der Waals surface area contributed by atoms with E-state index < -0.39 is 5.38 Å². The normalized spacial score (nSPS) is 21.9. The van der Waals surface area contributed by atoms with Crippen LogP contribution < -0.4 is 5.32 Å². The van der Waals surface area contributed by atoms with E-state index in [1.165, 1.54) is 5.56 Å². The number of likely N-dealkylation sites (tertiary alicyclic amines) is 1. The first kappa shape index (κ1) is 14.4. The van der Waals surface area contributed by atoms with Gasteiger partial charge in [0, 0.05) is 19.1 Å². The predicted molar refractivity (Wildman–Crippen MR) is 78.2 cm³/mol. The van der Waals surface area contributed by atoms with Crippen LogP contribution >= 0.6 is 11.6 Å². The Hall–Kier alpha value is -1.06. The van der Waals surface area contributed by atoms with Crippen LogP contribution in [0.3, 0.4) is 0 Å². The Bertz CT molecular complexity index is 408. The number of carbonyl (C=O) groups excluding carboxylic acids is 1. The van der Waals surface area contributed by atoms with Crippen molar-refractivity contribution in [3.63, 3.8) is 0 Å². The molecule has 3 nitrogen and oxygen atoms in total. The lowest BCUT2D eigenvalue weighted by atomic mass is 10.0. The van der Waals surface area contributed by atoms with Crippen LogP contribution in [0.25, 0.3) is 0 Å². The lowest BCUT2D eigenvalue weighted by molar-refractivity contribution is -0.121. The zero-order valence-electron chi connectivity index (χ0n) is 11.3. The zero-order chi connectivity index (χ0) is 13.7. The largest absolute Gasteiger partial charge is 0.351 e. The van der Waals surface area contributed by atoms with Crippen molar-refractivity contribution in [1.82, 2.24) is 10.2 Å². The molecule has 1 N–H and O–H groups in total. The molecule has 0 saturated carbocycles. The van der Waals surface area contributed by atoms with E-state index in [-0.39, 0.29) is 11.9 Å². The van der Waals surface area contributed by atoms with E-state index in [2.05, 4.69) is 34.5 Å². The van der Waals surface area contributed by atoms with Gasteiger partial charge in [-0.3, -0.25) is 9.69 Å². The van der Waals surface area contributed by atoms with E-state index in [0.717, 1.165) is 32.5 Å². The van der Waals surface area contributed by atoms with E-state index in [0.29, 0.717) is 0 Å². The predicted octanol–water partition coefficient (Wildman–Crippen LogP) is 2.39. The fourth-order valence-corrected chi connectivity index (χ4v) is 2.54. The van der Waals surface area contributed by atoms with Gasteiger partial charge in [-0.2, -0.15) is 0 Å². The standard InChI is InChI=1S/C15H21ClN2O/c1-12(16)15(19)17-14-8-5-9-18(11-14)10-13-6-3-2-4-7-13/h2-4,6-7,12,14H,5,8-11H2,1H3,(H,17,19). The fraction of sp³-hybridized carbons (Fsp3) is 0.533. The number of carbonyl (C=O) groups is 1. The molecule has 1 aromatic rings. The third-order valence-electron chi connectivity index (χ3n) is 3.46. The maximum Gasteiger partial charge on any atom is 0.238 e. The van der Waals surface area contributed by atoms with E-state index in [9.17, 15) is 4.79 Å². The minimum atomic E-state index is -0.454. The molecule has 2 rings (SSSR count). The van der Waals surface area contributed by atoms with Gasteiger partial charge in [-0.1, -0.05) is 30.3 Å². The van der Waals surface area contributed by atoms with Gasteiger partial charge in [0.05, 0.1) is 0 Å². The highest BCUT2D eigenvalue weighted by Crippen LogP contribution is 2.14. The highest BCUT2D eigenvalue weighted by atomic mass is 35.5. The lowest BCUT2D eigenvalue weighted by Crippen LogP contribution is -2.48. The summed E-state index contributed by atoms with van der Waals surface area (Å²) in [7, 11) is 0. The molecule has 104 valence electrons. The number of rotatable bonds is 4. The molecule has 1 amide bonds. The molecule has 1 aromatic carbocycles. The van der Waals surface area contributed by atoms with Gasteiger partial charge in [0.15, 0.2) is 0 Å². The molecule has 0 aliphatic carbocycles. The molecule has 19 heavy (non-hydrogen) atoms. The third-order valence-corrected chi connectivity index (χ3v) is 3.66. The van der Waals surface area contributed by atoms with Crippen molar-refractivity contribution in [2.24, 2.45) is 0 Å². The molecule has 1 aliphatic heterocycles. The quantitative estimate of drug-likeness (QED) is 0.859. The van der Waals surface area contributed by atoms with Gasteiger partial charge < -0.3 is 5.32 Å². The molecule has 1 heterocycles. The number of hydrogen-bond donors (Lipinski definition) is 1. The molecular formula is C15H21ClN2O. The molecule has 2 atom stereocenters. The first-order valence-corrected chi connectivity index (χ1v) is 7.29. The maximum atomic E-state index is 11.6. The van der Waals surface area contributed by atoms with Crippen LogP contribution in [0, 0.1) is 0 Å². The summed E-state index contributed by atoms with van der Waals surface area (Å²) in [6.07, 6.45) is 2.16. The molecule has 0 spiro atoms. The Kier molecular flexibility index (Phi) is 5.23. The first-order chi connectivity index (χ1) is 9.15. The average molecular weight is 281 g/mol. The summed E-state index contributed by atoms with van der Waals surface area (Å²) in [5.41, 5.74) is 1.32. The van der Waals surface area contributed by atoms with Crippen molar-refractivity contribution in [3.05, 3.63) is 35.9 Å². The summed E-state index contributed by atoms with van der Waals surface area (Å²) in [6.45, 7) is 4.66. The van der Waals surface area contributed by atoms with E-state index in [4.69, 9.17) is 11.6 Å². The molecule has 0 radical (unpaired) electrons. The second kappa shape index (κ2) is 6.92. The van der Waals surface area contributed by atoms with Gasteiger partial charge in [0.2, 0.25) is 5.91 Å². The number of hydrogen-bond acceptors (Lipinski definition) is 2. The minimum Gasteiger partial charge on any atom is -0.351 e. The number of halogens is 1. The van der Waals surface area contributed by atoms with Crippen LogP contribution in [0.15, 0.2) is 30.3 Å². The zero-order valence-corrected chi connectivity index (χ0v) is 12.1. The molecule has 1 fully saturated rings. The van der Waals surface area contributed by atoms with Crippen molar-refractivity contribution in [2.75, 3.05) is 13.1 Å². The van der Waals surface area contributed by atoms with Crippen LogP contribution in [0.5, 0.6) is 0 Å². The van der Waals surface area contributed by atoms with Gasteiger partial charge in [0.25, 0.3) is 0 Å². The van der Waals surface area contributed by atoms with Gasteiger partial charge in [0.1, 0.15) is 5.38 Å². The molecule has 1 saturated heterocycles. The van der Waals surface area contributed by atoms with Crippen LogP contribution in [0.4, 0.5) is 0 Å². The fourth-order valence-electron chi connectivity index (χ4n) is 2.47. The summed E-state index contributed by atoms with van der Waals surface area (Å²) >= 11 is 5.79. The Labute approximate surface area is 119 Å². The molecule has 4 heteroatoms.